The molecule has 0 aliphatic carbocycles. The molecule has 0 aliphatic heterocycles. The summed E-state index contributed by atoms with van der Waals surface area (Å²) in [7, 11) is -4.24. The molecule has 6 nitrogen and oxygen atoms in total. The van der Waals surface area contributed by atoms with Crippen LogP contribution in [0.2, 0.25) is 0 Å². The Morgan fingerprint density at radius 1 is 0.957 bits per heavy atom. The van der Waals surface area contributed by atoms with Gasteiger partial charge in [-0.15, -0.1) is 0 Å². The van der Waals surface area contributed by atoms with Crippen LogP contribution >= 0.6 is 0 Å². The second-order valence-corrected chi connectivity index (χ2v) is 6.28. The van der Waals surface area contributed by atoms with Crippen molar-refractivity contribution in [2.24, 2.45) is 10.2 Å². The van der Waals surface area contributed by atoms with E-state index in [1.165, 1.54) is 18.2 Å². The molecular weight excluding hydrogens is 314 g/mol. The monoisotopic (exact) mass is 333 g/mol. The average molecular weight is 333 g/mol. The normalized spacial score (nSPS) is 11.8. The van der Waals surface area contributed by atoms with Gasteiger partial charge in [-0.1, -0.05) is 6.07 Å². The minimum Gasteiger partial charge on any atom is -0.372 e. The maximum atomic E-state index is 11.1. The summed E-state index contributed by atoms with van der Waals surface area (Å²) in [6.07, 6.45) is 0. The summed E-state index contributed by atoms with van der Waals surface area (Å²) < 4.78 is 31.2. The number of anilines is 1. The summed E-state index contributed by atoms with van der Waals surface area (Å²) in [5.74, 6) is 0. The zero-order valence-corrected chi connectivity index (χ0v) is 13.9. The van der Waals surface area contributed by atoms with E-state index < -0.39 is 10.1 Å². The van der Waals surface area contributed by atoms with Crippen LogP contribution in [0, 0.1) is 0 Å². The fourth-order valence-corrected chi connectivity index (χ4v) is 2.66. The molecule has 0 saturated heterocycles. The van der Waals surface area contributed by atoms with Crippen LogP contribution in [0.3, 0.4) is 0 Å². The fourth-order valence-electron chi connectivity index (χ4n) is 2.14. The molecule has 0 spiro atoms. The van der Waals surface area contributed by atoms with Gasteiger partial charge < -0.3 is 4.90 Å². The van der Waals surface area contributed by atoms with Crippen molar-refractivity contribution in [1.82, 2.24) is 0 Å². The van der Waals surface area contributed by atoms with E-state index in [-0.39, 0.29) is 4.90 Å². The van der Waals surface area contributed by atoms with E-state index in [0.29, 0.717) is 11.4 Å². The van der Waals surface area contributed by atoms with E-state index in [9.17, 15) is 8.42 Å². The SMILES string of the molecule is CCN(CC)c1ccc(N=Nc2cccc(S(=O)(=O)O)c2)cc1. The summed E-state index contributed by atoms with van der Waals surface area (Å²) >= 11 is 0. The molecule has 0 bridgehead atoms. The van der Waals surface area contributed by atoms with Gasteiger partial charge in [-0.05, 0) is 56.3 Å². The van der Waals surface area contributed by atoms with Crippen molar-refractivity contribution in [3.8, 4) is 0 Å². The largest absolute Gasteiger partial charge is 0.372 e. The molecule has 0 aromatic heterocycles. The smallest absolute Gasteiger partial charge is 0.294 e. The van der Waals surface area contributed by atoms with Crippen LogP contribution in [0.15, 0.2) is 63.7 Å². The number of hydrogen-bond acceptors (Lipinski definition) is 5. The first-order chi connectivity index (χ1) is 10.9. The molecule has 0 saturated carbocycles. The molecule has 2 aromatic carbocycles. The van der Waals surface area contributed by atoms with Crippen LogP contribution in [0.1, 0.15) is 13.8 Å². The fraction of sp³-hybridized carbons (Fsp3) is 0.250. The molecule has 0 fully saturated rings. The quantitative estimate of drug-likeness (QED) is 0.634. The van der Waals surface area contributed by atoms with Gasteiger partial charge in [0, 0.05) is 18.8 Å². The molecule has 0 radical (unpaired) electrons. The summed E-state index contributed by atoms with van der Waals surface area (Å²) in [6.45, 7) is 6.05. The lowest BCUT2D eigenvalue weighted by molar-refractivity contribution is 0.483. The van der Waals surface area contributed by atoms with Crippen LogP contribution in [-0.4, -0.2) is 26.1 Å². The van der Waals surface area contributed by atoms with Crippen LogP contribution in [0.4, 0.5) is 17.1 Å². The van der Waals surface area contributed by atoms with E-state index in [2.05, 4.69) is 29.0 Å². The Bertz CT molecular complexity index is 782. The maximum absolute atomic E-state index is 11.1. The van der Waals surface area contributed by atoms with E-state index in [0.717, 1.165) is 18.8 Å². The van der Waals surface area contributed by atoms with Gasteiger partial charge in [-0.3, -0.25) is 4.55 Å². The first kappa shape index (κ1) is 17.1. The molecule has 0 aliphatic rings. The molecule has 0 amide bonds. The van der Waals surface area contributed by atoms with Gasteiger partial charge in [0.25, 0.3) is 10.1 Å². The van der Waals surface area contributed by atoms with Crippen molar-refractivity contribution in [2.45, 2.75) is 18.7 Å². The Labute approximate surface area is 136 Å². The number of hydrogen-bond donors (Lipinski definition) is 1. The standard InChI is InChI=1S/C16H19N3O3S/c1-3-19(4-2)15-10-8-13(9-11-15)17-18-14-6-5-7-16(12-14)23(20,21)22/h5-12H,3-4H2,1-2H3,(H,20,21,22). The molecule has 0 atom stereocenters. The zero-order chi connectivity index (χ0) is 16.9. The third-order valence-electron chi connectivity index (χ3n) is 3.37. The van der Waals surface area contributed by atoms with E-state index >= 15 is 0 Å². The van der Waals surface area contributed by atoms with Crippen molar-refractivity contribution in [3.63, 3.8) is 0 Å². The van der Waals surface area contributed by atoms with Crippen LogP contribution in [0.25, 0.3) is 0 Å². The van der Waals surface area contributed by atoms with Gasteiger partial charge in [0.15, 0.2) is 0 Å². The first-order valence-corrected chi connectivity index (χ1v) is 8.72. The van der Waals surface area contributed by atoms with Gasteiger partial charge in [0.05, 0.1) is 16.3 Å². The van der Waals surface area contributed by atoms with E-state index in [4.69, 9.17) is 4.55 Å². The second-order valence-electron chi connectivity index (χ2n) is 4.86. The summed E-state index contributed by atoms with van der Waals surface area (Å²) in [4.78, 5) is 2.02. The van der Waals surface area contributed by atoms with Crippen LogP contribution in [-0.2, 0) is 10.1 Å². The van der Waals surface area contributed by atoms with Gasteiger partial charge >= 0.3 is 0 Å². The zero-order valence-electron chi connectivity index (χ0n) is 13.0. The van der Waals surface area contributed by atoms with Crippen molar-refractivity contribution >= 4 is 27.2 Å². The number of rotatable bonds is 6. The lowest BCUT2D eigenvalue weighted by atomic mass is 10.2. The number of azo groups is 1. The van der Waals surface area contributed by atoms with Crippen molar-refractivity contribution in [2.75, 3.05) is 18.0 Å². The van der Waals surface area contributed by atoms with E-state index in [1.54, 1.807) is 6.07 Å². The molecular formula is C16H19N3O3S. The van der Waals surface area contributed by atoms with Gasteiger partial charge in [-0.25, -0.2) is 0 Å². The molecule has 23 heavy (non-hydrogen) atoms. The van der Waals surface area contributed by atoms with Crippen molar-refractivity contribution < 1.29 is 13.0 Å². The lowest BCUT2D eigenvalue weighted by Crippen LogP contribution is -2.21. The first-order valence-electron chi connectivity index (χ1n) is 7.28. The Morgan fingerprint density at radius 3 is 2.13 bits per heavy atom. The molecule has 2 aromatic rings. The third kappa shape index (κ3) is 4.61. The predicted molar refractivity (Wildman–Crippen MR) is 90.4 cm³/mol. The Hall–Kier alpha value is -2.25. The minimum atomic E-state index is -4.24. The molecule has 0 heterocycles. The summed E-state index contributed by atoms with van der Waals surface area (Å²) in [6, 6.07) is 13.3. The Morgan fingerprint density at radius 2 is 1.57 bits per heavy atom. The number of benzene rings is 2. The minimum absolute atomic E-state index is 0.203. The highest BCUT2D eigenvalue weighted by molar-refractivity contribution is 7.85. The lowest BCUT2D eigenvalue weighted by Gasteiger charge is -2.20. The Balaban J connectivity index is 2.17. The van der Waals surface area contributed by atoms with Gasteiger partial charge in [0.1, 0.15) is 0 Å². The van der Waals surface area contributed by atoms with Gasteiger partial charge in [-0.2, -0.15) is 18.6 Å². The van der Waals surface area contributed by atoms with Crippen LogP contribution in [0.5, 0.6) is 0 Å². The number of nitrogens with zero attached hydrogens (tertiary/aromatic N) is 3. The molecule has 7 heteroatoms. The van der Waals surface area contributed by atoms with Crippen molar-refractivity contribution in [3.05, 3.63) is 48.5 Å². The molecule has 122 valence electrons. The average Bonchev–Trinajstić information content (AvgIpc) is 2.55. The molecule has 2 rings (SSSR count). The van der Waals surface area contributed by atoms with Crippen molar-refractivity contribution in [1.29, 1.82) is 0 Å². The van der Waals surface area contributed by atoms with Gasteiger partial charge in [0.2, 0.25) is 0 Å². The topological polar surface area (TPSA) is 82.3 Å². The van der Waals surface area contributed by atoms with E-state index in [1.807, 2.05) is 24.3 Å². The maximum Gasteiger partial charge on any atom is 0.294 e. The summed E-state index contributed by atoms with van der Waals surface area (Å²) in [5, 5.41) is 8.08. The highest BCUT2D eigenvalue weighted by Crippen LogP contribution is 2.23. The third-order valence-corrected chi connectivity index (χ3v) is 4.22. The predicted octanol–water partition coefficient (Wildman–Crippen LogP) is 4.19. The molecule has 1 N–H and O–H groups in total. The highest BCUT2D eigenvalue weighted by Gasteiger charge is 2.09. The second kappa shape index (κ2) is 7.34. The Kier molecular flexibility index (Phi) is 5.46. The highest BCUT2D eigenvalue weighted by atomic mass is 32.2. The molecule has 0 unspecified atom stereocenters. The van der Waals surface area contributed by atoms with Crippen LogP contribution < -0.4 is 4.90 Å². The summed E-state index contributed by atoms with van der Waals surface area (Å²) in [5.41, 5.74) is 2.13.